The minimum Gasteiger partial charge on any atom is -0.340 e. The lowest BCUT2D eigenvalue weighted by atomic mass is 10.1. The number of hydrogen-bond donors (Lipinski definition) is 2. The number of carbonyl (C=O) groups excluding carboxylic acids is 2. The fourth-order valence-electron chi connectivity index (χ4n) is 3.29. The van der Waals surface area contributed by atoms with Gasteiger partial charge in [-0.2, -0.15) is 11.8 Å². The predicted molar refractivity (Wildman–Crippen MR) is 118 cm³/mol. The molecule has 2 amide bonds. The average Bonchev–Trinajstić information content (AvgIpc) is 3.12. The van der Waals surface area contributed by atoms with Gasteiger partial charge >= 0.3 is 0 Å². The fourth-order valence-corrected chi connectivity index (χ4v) is 4.26. The van der Waals surface area contributed by atoms with Crippen LogP contribution in [0.1, 0.15) is 34.3 Å². The molecule has 0 saturated carbocycles. The van der Waals surface area contributed by atoms with Crippen LogP contribution in [0, 0.1) is 0 Å². The molecule has 2 aromatic rings. The molecule has 148 valence electrons. The number of halogens is 2. The Balaban J connectivity index is 1.71. The van der Waals surface area contributed by atoms with Crippen molar-refractivity contribution in [2.45, 2.75) is 31.7 Å². The molecule has 0 saturated heterocycles. The van der Waals surface area contributed by atoms with E-state index >= 15 is 0 Å². The van der Waals surface area contributed by atoms with Crippen molar-refractivity contribution in [2.24, 2.45) is 0 Å². The van der Waals surface area contributed by atoms with Crippen molar-refractivity contribution in [3.8, 4) is 0 Å². The Bertz CT molecular complexity index is 889. The fraction of sp³-hybridized carbons (Fsp3) is 0.333. The molecule has 28 heavy (non-hydrogen) atoms. The molecule has 0 radical (unpaired) electrons. The monoisotopic (exact) mass is 436 g/mol. The van der Waals surface area contributed by atoms with Crippen molar-refractivity contribution in [2.75, 3.05) is 17.3 Å². The van der Waals surface area contributed by atoms with Crippen molar-refractivity contribution in [3.63, 3.8) is 0 Å². The first-order valence-corrected chi connectivity index (χ1v) is 11.3. The Kier molecular flexibility index (Phi) is 7.27. The van der Waals surface area contributed by atoms with Gasteiger partial charge in [0.15, 0.2) is 0 Å². The maximum Gasteiger partial charge on any atom is 0.253 e. The summed E-state index contributed by atoms with van der Waals surface area (Å²) in [7, 11) is 0. The molecular formula is C21H22Cl2N2O2S. The van der Waals surface area contributed by atoms with Crippen LogP contribution >= 0.6 is 35.0 Å². The lowest BCUT2D eigenvalue weighted by molar-refractivity contribution is -0.118. The zero-order chi connectivity index (χ0) is 20.1. The second-order valence-electron chi connectivity index (χ2n) is 6.76. The zero-order valence-electron chi connectivity index (χ0n) is 15.6. The van der Waals surface area contributed by atoms with Gasteiger partial charge in [0.1, 0.15) is 6.04 Å². The molecule has 3 rings (SSSR count). The van der Waals surface area contributed by atoms with Crippen LogP contribution in [0.25, 0.3) is 0 Å². The number of anilines is 1. The minimum absolute atomic E-state index is 0.231. The third-order valence-electron chi connectivity index (χ3n) is 4.77. The Hall–Kier alpha value is -1.69. The number of benzene rings is 2. The highest BCUT2D eigenvalue weighted by Gasteiger charge is 2.23. The normalized spacial score (nSPS) is 13.7. The summed E-state index contributed by atoms with van der Waals surface area (Å²) < 4.78 is 0. The first-order valence-electron chi connectivity index (χ1n) is 9.15. The van der Waals surface area contributed by atoms with E-state index in [2.05, 4.69) is 16.7 Å². The van der Waals surface area contributed by atoms with Gasteiger partial charge in [0.05, 0.1) is 10.6 Å². The van der Waals surface area contributed by atoms with E-state index in [0.29, 0.717) is 17.0 Å². The molecule has 1 aliphatic carbocycles. The number of hydrogen-bond acceptors (Lipinski definition) is 3. The first kappa shape index (κ1) is 21.0. The maximum atomic E-state index is 12.8. The number of thioether (sulfide) groups is 1. The van der Waals surface area contributed by atoms with E-state index in [1.54, 1.807) is 23.9 Å². The van der Waals surface area contributed by atoms with Gasteiger partial charge in [-0.05, 0) is 79.2 Å². The van der Waals surface area contributed by atoms with Gasteiger partial charge in [-0.3, -0.25) is 9.59 Å². The van der Waals surface area contributed by atoms with Crippen LogP contribution < -0.4 is 10.6 Å². The number of aryl methyl sites for hydroxylation is 2. The molecule has 0 heterocycles. The molecule has 0 fully saturated rings. The molecular weight excluding hydrogens is 415 g/mol. The molecule has 0 bridgehead atoms. The summed E-state index contributed by atoms with van der Waals surface area (Å²) in [6.07, 6.45) is 5.78. The molecule has 2 N–H and O–H groups in total. The molecule has 7 heteroatoms. The smallest absolute Gasteiger partial charge is 0.253 e. The number of rotatable bonds is 7. The predicted octanol–water partition coefficient (Wildman–Crippen LogP) is 4.97. The van der Waals surface area contributed by atoms with Gasteiger partial charge in [0, 0.05) is 10.7 Å². The standard InChI is InChI=1S/C21H22Cl2N2O2S/c1-28-10-9-19(25-20(26)17-8-6-15(22)12-18(17)23)21(27)24-16-7-5-13-3-2-4-14(13)11-16/h5-8,11-12,19H,2-4,9-10H2,1H3,(H,24,27)(H,25,26). The highest BCUT2D eigenvalue weighted by atomic mass is 35.5. The summed E-state index contributed by atoms with van der Waals surface area (Å²) >= 11 is 13.6. The van der Waals surface area contributed by atoms with E-state index in [0.717, 1.165) is 30.7 Å². The summed E-state index contributed by atoms with van der Waals surface area (Å²) in [6, 6.07) is 10.0. The topological polar surface area (TPSA) is 58.2 Å². The Morgan fingerprint density at radius 1 is 1.11 bits per heavy atom. The largest absolute Gasteiger partial charge is 0.340 e. The summed E-state index contributed by atoms with van der Waals surface area (Å²) in [4.78, 5) is 25.5. The Morgan fingerprint density at radius 3 is 2.64 bits per heavy atom. The number of nitrogens with one attached hydrogen (secondary N) is 2. The van der Waals surface area contributed by atoms with Gasteiger partial charge in [-0.1, -0.05) is 29.3 Å². The van der Waals surface area contributed by atoms with Gasteiger partial charge in [-0.15, -0.1) is 0 Å². The molecule has 0 aliphatic heterocycles. The van der Waals surface area contributed by atoms with Crippen molar-refractivity contribution >= 4 is 52.5 Å². The highest BCUT2D eigenvalue weighted by molar-refractivity contribution is 7.98. The van der Waals surface area contributed by atoms with Crippen LogP contribution in [0.3, 0.4) is 0 Å². The second-order valence-corrected chi connectivity index (χ2v) is 8.59. The van der Waals surface area contributed by atoms with Crippen LogP contribution in [-0.4, -0.2) is 29.9 Å². The highest BCUT2D eigenvalue weighted by Crippen LogP contribution is 2.25. The molecule has 0 aromatic heterocycles. The summed E-state index contributed by atoms with van der Waals surface area (Å²) in [5.41, 5.74) is 3.70. The van der Waals surface area contributed by atoms with E-state index in [9.17, 15) is 9.59 Å². The lowest BCUT2D eigenvalue weighted by Gasteiger charge is -2.19. The van der Waals surface area contributed by atoms with Crippen LogP contribution in [0.5, 0.6) is 0 Å². The zero-order valence-corrected chi connectivity index (χ0v) is 17.9. The van der Waals surface area contributed by atoms with E-state index < -0.39 is 11.9 Å². The van der Waals surface area contributed by atoms with Gasteiger partial charge in [0.2, 0.25) is 5.91 Å². The van der Waals surface area contributed by atoms with Gasteiger partial charge < -0.3 is 10.6 Å². The van der Waals surface area contributed by atoms with Crippen LogP contribution in [0.2, 0.25) is 10.0 Å². The van der Waals surface area contributed by atoms with Crippen molar-refractivity contribution in [1.29, 1.82) is 0 Å². The summed E-state index contributed by atoms with van der Waals surface area (Å²) in [5, 5.41) is 6.46. The van der Waals surface area contributed by atoms with Gasteiger partial charge in [-0.25, -0.2) is 0 Å². The molecule has 4 nitrogen and oxygen atoms in total. The summed E-state index contributed by atoms with van der Waals surface area (Å²) in [6.45, 7) is 0. The van der Waals surface area contributed by atoms with Crippen LogP contribution in [-0.2, 0) is 17.6 Å². The van der Waals surface area contributed by atoms with Crippen molar-refractivity contribution in [1.82, 2.24) is 5.32 Å². The van der Waals surface area contributed by atoms with Gasteiger partial charge in [0.25, 0.3) is 5.91 Å². The van der Waals surface area contributed by atoms with E-state index in [1.165, 1.54) is 17.2 Å². The quantitative estimate of drug-likeness (QED) is 0.643. The third kappa shape index (κ3) is 5.22. The third-order valence-corrected chi connectivity index (χ3v) is 5.97. The van der Waals surface area contributed by atoms with E-state index in [-0.39, 0.29) is 10.9 Å². The van der Waals surface area contributed by atoms with Crippen molar-refractivity contribution < 1.29 is 9.59 Å². The van der Waals surface area contributed by atoms with E-state index in [4.69, 9.17) is 23.2 Å². The van der Waals surface area contributed by atoms with Crippen molar-refractivity contribution in [3.05, 3.63) is 63.1 Å². The molecule has 0 spiro atoms. The number of fused-ring (bicyclic) bond motifs is 1. The molecule has 1 atom stereocenters. The summed E-state index contributed by atoms with van der Waals surface area (Å²) in [5.74, 6) is 0.124. The Morgan fingerprint density at radius 2 is 1.89 bits per heavy atom. The molecule has 1 aliphatic rings. The minimum atomic E-state index is -0.653. The molecule has 2 aromatic carbocycles. The number of carbonyl (C=O) groups is 2. The van der Waals surface area contributed by atoms with E-state index in [1.807, 2.05) is 18.4 Å². The Labute approximate surface area is 179 Å². The second kappa shape index (κ2) is 9.68. The lowest BCUT2D eigenvalue weighted by Crippen LogP contribution is -2.44. The average molecular weight is 437 g/mol. The molecule has 1 unspecified atom stereocenters. The van der Waals surface area contributed by atoms with Crippen LogP contribution in [0.4, 0.5) is 5.69 Å². The maximum absolute atomic E-state index is 12.8. The number of amides is 2. The first-order chi connectivity index (χ1) is 13.5. The SMILES string of the molecule is CSCCC(NC(=O)c1ccc(Cl)cc1Cl)C(=O)Nc1ccc2c(c1)CCC2. The van der Waals surface area contributed by atoms with Crippen LogP contribution in [0.15, 0.2) is 36.4 Å².